The van der Waals surface area contributed by atoms with Gasteiger partial charge in [0.25, 0.3) is 0 Å². The van der Waals surface area contributed by atoms with Gasteiger partial charge < -0.3 is 10.1 Å². The van der Waals surface area contributed by atoms with Crippen LogP contribution in [0, 0.1) is 5.92 Å². The van der Waals surface area contributed by atoms with Gasteiger partial charge in [0.2, 0.25) is 0 Å². The van der Waals surface area contributed by atoms with Crippen molar-refractivity contribution in [3.05, 3.63) is 29.3 Å². The Labute approximate surface area is 122 Å². The zero-order valence-electron chi connectivity index (χ0n) is 12.4. The van der Waals surface area contributed by atoms with E-state index in [4.69, 9.17) is 16.3 Å². The van der Waals surface area contributed by atoms with Crippen molar-refractivity contribution in [1.82, 2.24) is 5.32 Å². The van der Waals surface area contributed by atoms with Crippen LogP contribution in [0.15, 0.2) is 24.3 Å². The van der Waals surface area contributed by atoms with Crippen molar-refractivity contribution in [2.24, 2.45) is 5.92 Å². The molecule has 0 spiro atoms. The summed E-state index contributed by atoms with van der Waals surface area (Å²) in [6.45, 7) is 9.82. The smallest absolute Gasteiger partial charge is 0.121 e. The van der Waals surface area contributed by atoms with Crippen LogP contribution in [0.25, 0.3) is 0 Å². The van der Waals surface area contributed by atoms with Crippen LogP contribution in [0.2, 0.25) is 5.02 Å². The lowest BCUT2D eigenvalue weighted by molar-refractivity contribution is 0.137. The topological polar surface area (TPSA) is 21.3 Å². The van der Waals surface area contributed by atoms with Crippen LogP contribution in [0.3, 0.4) is 0 Å². The third-order valence-corrected chi connectivity index (χ3v) is 3.75. The van der Waals surface area contributed by atoms with Gasteiger partial charge in [0.1, 0.15) is 11.9 Å². The van der Waals surface area contributed by atoms with E-state index >= 15 is 0 Å². The summed E-state index contributed by atoms with van der Waals surface area (Å²) in [5.74, 6) is 1.42. The van der Waals surface area contributed by atoms with E-state index in [0.29, 0.717) is 17.0 Å². The van der Waals surface area contributed by atoms with Gasteiger partial charge in [-0.15, -0.1) is 0 Å². The largest absolute Gasteiger partial charge is 0.489 e. The minimum atomic E-state index is 0.125. The van der Waals surface area contributed by atoms with Crippen molar-refractivity contribution < 1.29 is 4.74 Å². The van der Waals surface area contributed by atoms with Crippen molar-refractivity contribution in [1.29, 1.82) is 0 Å². The number of ether oxygens (including phenoxy) is 1. The van der Waals surface area contributed by atoms with E-state index in [-0.39, 0.29) is 6.10 Å². The summed E-state index contributed by atoms with van der Waals surface area (Å²) in [4.78, 5) is 0. The van der Waals surface area contributed by atoms with Gasteiger partial charge in [-0.1, -0.05) is 44.9 Å². The van der Waals surface area contributed by atoms with Crippen LogP contribution in [0.4, 0.5) is 0 Å². The zero-order valence-corrected chi connectivity index (χ0v) is 13.2. The molecule has 3 atom stereocenters. The molecule has 0 aliphatic rings. The minimum absolute atomic E-state index is 0.125. The highest BCUT2D eigenvalue weighted by Gasteiger charge is 2.23. The second kappa shape index (κ2) is 8.44. The summed E-state index contributed by atoms with van der Waals surface area (Å²) in [6, 6.07) is 7.97. The molecule has 0 aromatic heterocycles. The predicted octanol–water partition coefficient (Wildman–Crippen LogP) is 4.52. The lowest BCUT2D eigenvalue weighted by atomic mass is 9.95. The van der Waals surface area contributed by atoms with Gasteiger partial charge in [-0.2, -0.15) is 0 Å². The fourth-order valence-electron chi connectivity index (χ4n) is 2.22. The lowest BCUT2D eigenvalue weighted by Crippen LogP contribution is -2.46. The molecular formula is C16H26ClNO. The molecule has 0 heterocycles. The first-order valence-corrected chi connectivity index (χ1v) is 7.61. The third kappa shape index (κ3) is 5.42. The van der Waals surface area contributed by atoms with Crippen LogP contribution in [0.1, 0.15) is 40.5 Å². The van der Waals surface area contributed by atoms with Gasteiger partial charge in [0, 0.05) is 11.1 Å². The average molecular weight is 284 g/mol. The molecule has 0 fully saturated rings. The Morgan fingerprint density at radius 1 is 1.26 bits per heavy atom. The molecule has 2 nitrogen and oxygen atoms in total. The Hall–Kier alpha value is -0.730. The molecule has 0 radical (unpaired) electrons. The highest BCUT2D eigenvalue weighted by Crippen LogP contribution is 2.21. The Morgan fingerprint density at radius 3 is 2.58 bits per heavy atom. The van der Waals surface area contributed by atoms with Crippen molar-refractivity contribution in [3.63, 3.8) is 0 Å². The highest BCUT2D eigenvalue weighted by atomic mass is 35.5. The van der Waals surface area contributed by atoms with E-state index in [1.54, 1.807) is 0 Å². The number of halogens is 1. The quantitative estimate of drug-likeness (QED) is 0.757. The number of rotatable bonds is 8. The maximum absolute atomic E-state index is 6.03. The number of hydrogen-bond donors (Lipinski definition) is 1. The van der Waals surface area contributed by atoms with Crippen molar-refractivity contribution in [2.75, 3.05) is 6.54 Å². The van der Waals surface area contributed by atoms with Gasteiger partial charge in [0.05, 0.1) is 0 Å². The minimum Gasteiger partial charge on any atom is -0.489 e. The summed E-state index contributed by atoms with van der Waals surface area (Å²) in [7, 11) is 0. The Balaban J connectivity index is 2.67. The van der Waals surface area contributed by atoms with Crippen LogP contribution in [-0.2, 0) is 0 Å². The molecule has 108 valence electrons. The number of hydrogen-bond acceptors (Lipinski definition) is 2. The second-order valence-corrected chi connectivity index (χ2v) is 5.58. The van der Waals surface area contributed by atoms with Gasteiger partial charge in [-0.05, 0) is 44.0 Å². The fourth-order valence-corrected chi connectivity index (χ4v) is 2.40. The molecule has 1 N–H and O–H groups in total. The average Bonchev–Trinajstić information content (AvgIpc) is 2.38. The molecular weight excluding hydrogens is 258 g/mol. The SMILES string of the molecule is CCCNC(C(C)CC)C(C)Oc1cccc(Cl)c1. The summed E-state index contributed by atoms with van der Waals surface area (Å²) < 4.78 is 6.03. The highest BCUT2D eigenvalue weighted by molar-refractivity contribution is 6.30. The fraction of sp³-hybridized carbons (Fsp3) is 0.625. The summed E-state index contributed by atoms with van der Waals surface area (Å²) in [5.41, 5.74) is 0. The van der Waals surface area contributed by atoms with Crippen LogP contribution in [-0.4, -0.2) is 18.7 Å². The van der Waals surface area contributed by atoms with Gasteiger partial charge >= 0.3 is 0 Å². The Morgan fingerprint density at radius 2 is 2.00 bits per heavy atom. The molecule has 3 unspecified atom stereocenters. The molecule has 3 heteroatoms. The molecule has 0 aliphatic heterocycles. The van der Waals surface area contributed by atoms with E-state index in [1.165, 1.54) is 0 Å². The molecule has 1 rings (SSSR count). The van der Waals surface area contributed by atoms with E-state index < -0.39 is 0 Å². The molecule has 0 amide bonds. The van der Waals surface area contributed by atoms with Crippen LogP contribution in [0.5, 0.6) is 5.75 Å². The standard InChI is InChI=1S/C16H26ClNO/c1-5-10-18-16(12(3)6-2)13(4)19-15-9-7-8-14(17)11-15/h7-9,11-13,16,18H,5-6,10H2,1-4H3. The van der Waals surface area contributed by atoms with Crippen molar-refractivity contribution >= 4 is 11.6 Å². The first-order chi connectivity index (χ1) is 9.08. The molecule has 0 saturated heterocycles. The zero-order chi connectivity index (χ0) is 14.3. The van der Waals surface area contributed by atoms with E-state index in [1.807, 2.05) is 24.3 Å². The monoisotopic (exact) mass is 283 g/mol. The second-order valence-electron chi connectivity index (χ2n) is 5.15. The first kappa shape index (κ1) is 16.3. The molecule has 0 aliphatic carbocycles. The van der Waals surface area contributed by atoms with Crippen LogP contribution >= 0.6 is 11.6 Å². The maximum Gasteiger partial charge on any atom is 0.121 e. The van der Waals surface area contributed by atoms with Crippen LogP contribution < -0.4 is 10.1 Å². The summed E-state index contributed by atoms with van der Waals surface area (Å²) in [5, 5.41) is 4.31. The maximum atomic E-state index is 6.03. The number of nitrogens with one attached hydrogen (secondary N) is 1. The molecule has 1 aromatic rings. The van der Waals surface area contributed by atoms with E-state index in [0.717, 1.165) is 25.1 Å². The van der Waals surface area contributed by atoms with Gasteiger partial charge in [-0.3, -0.25) is 0 Å². The molecule has 0 saturated carbocycles. The predicted molar refractivity (Wildman–Crippen MR) is 83.1 cm³/mol. The summed E-state index contributed by atoms with van der Waals surface area (Å²) in [6.07, 6.45) is 2.40. The van der Waals surface area contributed by atoms with E-state index in [9.17, 15) is 0 Å². The van der Waals surface area contributed by atoms with E-state index in [2.05, 4.69) is 33.0 Å². The normalized spacial score (nSPS) is 15.8. The molecule has 0 bridgehead atoms. The van der Waals surface area contributed by atoms with Crippen molar-refractivity contribution in [2.45, 2.75) is 52.7 Å². The van der Waals surface area contributed by atoms with Crippen molar-refractivity contribution in [3.8, 4) is 5.75 Å². The summed E-state index contributed by atoms with van der Waals surface area (Å²) >= 11 is 5.99. The molecule has 1 aromatic carbocycles. The lowest BCUT2D eigenvalue weighted by Gasteiger charge is -2.30. The molecule has 19 heavy (non-hydrogen) atoms. The number of benzene rings is 1. The first-order valence-electron chi connectivity index (χ1n) is 7.24. The Bertz CT molecular complexity index is 370. The Kier molecular flexibility index (Phi) is 7.25. The van der Waals surface area contributed by atoms with Gasteiger partial charge in [-0.25, -0.2) is 0 Å². The third-order valence-electron chi connectivity index (χ3n) is 3.51. The van der Waals surface area contributed by atoms with Gasteiger partial charge in [0.15, 0.2) is 0 Å².